The third kappa shape index (κ3) is 6.82. The molecule has 1 aliphatic carbocycles. The molecule has 3 aromatic carbocycles. The molecule has 1 unspecified atom stereocenters. The maximum atomic E-state index is 14.5. The number of rotatable bonds is 8. The van der Waals surface area contributed by atoms with Crippen LogP contribution in [-0.2, 0) is 12.8 Å². The van der Waals surface area contributed by atoms with E-state index in [0.717, 1.165) is 73.2 Å². The number of aryl methyl sites for hydroxylation is 1. The first kappa shape index (κ1) is 30.0. The number of likely N-dealkylation sites (tertiary alicyclic amines) is 1. The fourth-order valence-electron chi connectivity index (χ4n) is 5.96. The summed E-state index contributed by atoms with van der Waals surface area (Å²) in [5.74, 6) is -0.834. The fourth-order valence-corrected chi connectivity index (χ4v) is 6.20. The van der Waals surface area contributed by atoms with Crippen LogP contribution >= 0.6 is 11.6 Å². The van der Waals surface area contributed by atoms with Gasteiger partial charge in [0.15, 0.2) is 0 Å². The molecule has 212 valence electrons. The summed E-state index contributed by atoms with van der Waals surface area (Å²) in [4.78, 5) is 14.0. The molecule has 0 radical (unpaired) electrons. The van der Waals surface area contributed by atoms with Crippen molar-refractivity contribution in [3.8, 4) is 0 Å². The maximum Gasteiger partial charge on any atom is 0.335 e. The minimum atomic E-state index is -0.949. The van der Waals surface area contributed by atoms with Gasteiger partial charge in [-0.3, -0.25) is 4.39 Å². The third-order valence-electron chi connectivity index (χ3n) is 7.82. The highest BCUT2D eigenvalue weighted by atomic mass is 35.5. The fraction of sp³-hybridized carbons (Fsp3) is 0.382. The Hall–Kier alpha value is -3.02. The molecule has 0 saturated carbocycles. The Labute approximate surface area is 241 Å². The van der Waals surface area contributed by atoms with Gasteiger partial charge in [-0.2, -0.15) is 0 Å². The minimum absolute atomic E-state index is 0.112. The van der Waals surface area contributed by atoms with Crippen LogP contribution in [0, 0.1) is 11.7 Å². The summed E-state index contributed by atoms with van der Waals surface area (Å²) in [7, 11) is 0. The van der Waals surface area contributed by atoms with Crippen molar-refractivity contribution in [2.45, 2.75) is 52.4 Å². The number of hydrogen-bond acceptors (Lipinski definition) is 2. The molecular weight excluding hydrogens is 528 g/mol. The van der Waals surface area contributed by atoms with Gasteiger partial charge in [-0.25, -0.2) is 9.18 Å². The molecule has 0 spiro atoms. The highest BCUT2D eigenvalue weighted by Crippen LogP contribution is 2.42. The van der Waals surface area contributed by atoms with Crippen LogP contribution in [0.25, 0.3) is 11.1 Å². The Balaban J connectivity index is 0.00000181. The Morgan fingerprint density at radius 3 is 2.55 bits per heavy atom. The van der Waals surface area contributed by atoms with Gasteiger partial charge in [0, 0.05) is 13.1 Å². The van der Waals surface area contributed by atoms with Crippen molar-refractivity contribution in [1.29, 1.82) is 0 Å². The third-order valence-corrected chi connectivity index (χ3v) is 8.20. The SMILES string of the molecule is CC.O=C(O)c1ccc2c(c1)CCCC(c1cccc(F)c1Cl)=C2c1ccc(CC2CCN(CCCF)C2)cc1. The summed E-state index contributed by atoms with van der Waals surface area (Å²) in [6.45, 7) is 6.60. The number of halogens is 3. The van der Waals surface area contributed by atoms with Crippen LogP contribution in [0.15, 0.2) is 60.7 Å². The Kier molecular flexibility index (Phi) is 10.5. The van der Waals surface area contributed by atoms with Crippen LogP contribution < -0.4 is 0 Å². The molecule has 40 heavy (non-hydrogen) atoms. The van der Waals surface area contributed by atoms with Crippen LogP contribution in [0.2, 0.25) is 5.02 Å². The van der Waals surface area contributed by atoms with Gasteiger partial charge >= 0.3 is 5.97 Å². The van der Waals surface area contributed by atoms with Gasteiger partial charge in [-0.05, 0) is 108 Å². The highest BCUT2D eigenvalue weighted by molar-refractivity contribution is 6.33. The molecule has 0 amide bonds. The Morgan fingerprint density at radius 1 is 1.05 bits per heavy atom. The first-order valence-corrected chi connectivity index (χ1v) is 14.7. The van der Waals surface area contributed by atoms with Crippen molar-refractivity contribution < 1.29 is 18.7 Å². The highest BCUT2D eigenvalue weighted by Gasteiger charge is 2.25. The number of carboxylic acids is 1. The van der Waals surface area contributed by atoms with E-state index in [1.807, 2.05) is 26.0 Å². The Bertz CT molecular complexity index is 1350. The van der Waals surface area contributed by atoms with Gasteiger partial charge in [0.05, 0.1) is 17.3 Å². The normalized spacial score (nSPS) is 17.2. The van der Waals surface area contributed by atoms with Crippen molar-refractivity contribution in [3.63, 3.8) is 0 Å². The van der Waals surface area contributed by atoms with Crippen molar-refractivity contribution in [2.75, 3.05) is 26.3 Å². The average molecular weight is 566 g/mol. The number of nitrogens with zero attached hydrogens (tertiary/aromatic N) is 1. The minimum Gasteiger partial charge on any atom is -0.478 e. The summed E-state index contributed by atoms with van der Waals surface area (Å²) < 4.78 is 27.1. The number of carbonyl (C=O) groups is 1. The smallest absolute Gasteiger partial charge is 0.335 e. The molecular formula is C34H38ClF2NO2. The predicted molar refractivity (Wildman–Crippen MR) is 160 cm³/mol. The first-order chi connectivity index (χ1) is 19.4. The predicted octanol–water partition coefficient (Wildman–Crippen LogP) is 8.72. The zero-order valence-electron chi connectivity index (χ0n) is 23.4. The van der Waals surface area contributed by atoms with Crippen LogP contribution in [0.5, 0.6) is 0 Å². The molecule has 1 atom stereocenters. The molecule has 1 saturated heterocycles. The summed E-state index contributed by atoms with van der Waals surface area (Å²) in [6, 6.07) is 18.8. The summed E-state index contributed by atoms with van der Waals surface area (Å²) in [6.07, 6.45) is 4.94. The molecule has 5 rings (SSSR count). The second-order valence-corrected chi connectivity index (χ2v) is 10.8. The molecule has 1 N–H and O–H groups in total. The molecule has 3 aromatic rings. The van der Waals surface area contributed by atoms with E-state index in [4.69, 9.17) is 11.6 Å². The zero-order valence-corrected chi connectivity index (χ0v) is 24.1. The zero-order chi connectivity index (χ0) is 28.6. The van der Waals surface area contributed by atoms with Crippen molar-refractivity contribution in [2.24, 2.45) is 5.92 Å². The topological polar surface area (TPSA) is 40.5 Å². The summed E-state index contributed by atoms with van der Waals surface area (Å²) in [5, 5.41) is 9.66. The van der Waals surface area contributed by atoms with Crippen molar-refractivity contribution in [1.82, 2.24) is 4.90 Å². The van der Waals surface area contributed by atoms with E-state index in [1.165, 1.54) is 11.6 Å². The molecule has 1 aliphatic heterocycles. The molecule has 1 fully saturated rings. The van der Waals surface area contributed by atoms with Crippen LogP contribution in [0.1, 0.15) is 77.7 Å². The lowest BCUT2D eigenvalue weighted by atomic mass is 9.86. The standard InChI is InChI=1S/C32H32ClF2NO2.C2H6/c33-31-28(6-2-7-29(31)35)27-5-1-4-24-19-25(32(37)38)12-13-26(24)30(27)23-10-8-21(9-11-23)18-22-14-17-36(20-22)16-3-15-34;1-2/h2,6-13,19,22H,1,3-5,14-18,20H2,(H,37,38);1-2H3. The summed E-state index contributed by atoms with van der Waals surface area (Å²) >= 11 is 6.48. The van der Waals surface area contributed by atoms with Crippen molar-refractivity contribution in [3.05, 3.63) is 105 Å². The average Bonchev–Trinajstić information content (AvgIpc) is 3.33. The number of fused-ring (bicyclic) bond motifs is 1. The van der Waals surface area contributed by atoms with E-state index in [-0.39, 0.29) is 17.3 Å². The van der Waals surface area contributed by atoms with E-state index in [2.05, 4.69) is 29.2 Å². The summed E-state index contributed by atoms with van der Waals surface area (Å²) in [5.41, 5.74) is 7.11. The Morgan fingerprint density at radius 2 is 1.82 bits per heavy atom. The first-order valence-electron chi connectivity index (χ1n) is 14.4. The second-order valence-electron chi connectivity index (χ2n) is 10.4. The largest absolute Gasteiger partial charge is 0.478 e. The number of allylic oxidation sites excluding steroid dienone is 1. The van der Waals surface area contributed by atoms with Gasteiger partial charge in [0.1, 0.15) is 5.82 Å². The lowest BCUT2D eigenvalue weighted by Gasteiger charge is -2.19. The van der Waals surface area contributed by atoms with Crippen LogP contribution in [0.4, 0.5) is 8.78 Å². The van der Waals surface area contributed by atoms with E-state index in [0.29, 0.717) is 24.3 Å². The number of benzene rings is 3. The van der Waals surface area contributed by atoms with Crippen LogP contribution in [-0.4, -0.2) is 42.3 Å². The molecule has 0 aromatic heterocycles. The quantitative estimate of drug-likeness (QED) is 0.297. The maximum absolute atomic E-state index is 14.5. The van der Waals surface area contributed by atoms with E-state index in [1.54, 1.807) is 18.2 Å². The second kappa shape index (κ2) is 14.0. The van der Waals surface area contributed by atoms with Gasteiger partial charge in [0.25, 0.3) is 0 Å². The van der Waals surface area contributed by atoms with Gasteiger partial charge in [-0.15, -0.1) is 0 Å². The van der Waals surface area contributed by atoms with Gasteiger partial charge in [-0.1, -0.05) is 67.9 Å². The van der Waals surface area contributed by atoms with Gasteiger partial charge < -0.3 is 10.0 Å². The monoisotopic (exact) mass is 565 g/mol. The number of carboxylic acid groups (broad SMARTS) is 1. The number of alkyl halides is 1. The molecule has 0 bridgehead atoms. The number of aromatic carboxylic acids is 1. The molecule has 3 nitrogen and oxygen atoms in total. The lowest BCUT2D eigenvalue weighted by Crippen LogP contribution is -2.22. The molecule has 2 aliphatic rings. The van der Waals surface area contributed by atoms with E-state index < -0.39 is 11.8 Å². The molecule has 1 heterocycles. The van der Waals surface area contributed by atoms with Crippen LogP contribution in [0.3, 0.4) is 0 Å². The molecule has 6 heteroatoms. The van der Waals surface area contributed by atoms with E-state index in [9.17, 15) is 18.7 Å². The van der Waals surface area contributed by atoms with Gasteiger partial charge in [0.2, 0.25) is 0 Å². The van der Waals surface area contributed by atoms with E-state index >= 15 is 0 Å². The van der Waals surface area contributed by atoms with Crippen molar-refractivity contribution >= 4 is 28.7 Å². The lowest BCUT2D eigenvalue weighted by molar-refractivity contribution is 0.0696. The number of hydrogen-bond donors (Lipinski definition) is 1.